The number of amides is 5. The van der Waals surface area contributed by atoms with Crippen LogP contribution in [0.5, 0.6) is 0 Å². The van der Waals surface area contributed by atoms with Gasteiger partial charge in [-0.2, -0.15) is 13.2 Å². The van der Waals surface area contributed by atoms with Gasteiger partial charge in [0.05, 0.1) is 18.4 Å². The highest BCUT2D eigenvalue weighted by Gasteiger charge is 2.52. The number of anilines is 1. The van der Waals surface area contributed by atoms with Crippen LogP contribution in [0, 0.1) is 11.6 Å². The van der Waals surface area contributed by atoms with Crippen molar-refractivity contribution in [1.82, 2.24) is 10.2 Å². The van der Waals surface area contributed by atoms with Crippen LogP contribution in [-0.4, -0.2) is 41.5 Å². The van der Waals surface area contributed by atoms with Gasteiger partial charge in [-0.25, -0.2) is 28.1 Å². The summed E-state index contributed by atoms with van der Waals surface area (Å²) >= 11 is 0. The van der Waals surface area contributed by atoms with E-state index in [1.165, 1.54) is 32.0 Å². The second-order valence-corrected chi connectivity index (χ2v) is 10.5. The smallest absolute Gasteiger partial charge is 0.419 e. The number of carbonyl (C=O) groups excluding carboxylic acids is 4. The third-order valence-electron chi connectivity index (χ3n) is 7.26. The molecule has 44 heavy (non-hydrogen) atoms. The number of primary amides is 1. The first-order chi connectivity index (χ1) is 20.5. The lowest BCUT2D eigenvalue weighted by Gasteiger charge is -2.28. The zero-order valence-electron chi connectivity index (χ0n) is 23.7. The summed E-state index contributed by atoms with van der Waals surface area (Å²) in [6.45, 7) is 2.63. The van der Waals surface area contributed by atoms with Crippen molar-refractivity contribution in [3.05, 3.63) is 100 Å². The number of esters is 1. The Morgan fingerprint density at radius 2 is 1.64 bits per heavy atom. The third-order valence-corrected chi connectivity index (χ3v) is 7.26. The van der Waals surface area contributed by atoms with E-state index in [0.29, 0.717) is 39.3 Å². The van der Waals surface area contributed by atoms with E-state index in [4.69, 9.17) is 10.5 Å². The fourth-order valence-electron chi connectivity index (χ4n) is 4.87. The predicted octanol–water partition coefficient (Wildman–Crippen LogP) is 5.20. The van der Waals surface area contributed by atoms with E-state index in [1.54, 1.807) is 24.3 Å². The number of alkyl halides is 3. The molecule has 1 fully saturated rings. The van der Waals surface area contributed by atoms with Gasteiger partial charge in [0.25, 0.3) is 5.91 Å². The van der Waals surface area contributed by atoms with Crippen molar-refractivity contribution in [2.24, 2.45) is 5.73 Å². The second-order valence-electron chi connectivity index (χ2n) is 10.5. The van der Waals surface area contributed by atoms with Gasteiger partial charge < -0.3 is 20.7 Å². The van der Waals surface area contributed by atoms with Gasteiger partial charge in [0.2, 0.25) is 0 Å². The average molecular weight is 619 g/mol. The summed E-state index contributed by atoms with van der Waals surface area (Å²) in [6.07, 6.45) is -4.91. The van der Waals surface area contributed by atoms with Crippen molar-refractivity contribution in [2.45, 2.75) is 44.6 Å². The van der Waals surface area contributed by atoms with Crippen LogP contribution in [0.1, 0.15) is 47.7 Å². The minimum atomic E-state index is -5.05. The lowest BCUT2D eigenvalue weighted by atomic mass is 9.96. The van der Waals surface area contributed by atoms with Gasteiger partial charge in [-0.1, -0.05) is 30.3 Å². The third kappa shape index (κ3) is 6.33. The Morgan fingerprint density at radius 3 is 2.23 bits per heavy atom. The lowest BCUT2D eigenvalue weighted by Crippen LogP contribution is -2.43. The highest BCUT2D eigenvalue weighted by Crippen LogP contribution is 2.38. The minimum Gasteiger partial charge on any atom is -0.467 e. The number of methoxy groups -OCH3 is 1. The Labute approximate surface area is 248 Å². The van der Waals surface area contributed by atoms with Gasteiger partial charge in [-0.3, -0.25) is 4.79 Å². The molecule has 3 N–H and O–H groups in total. The van der Waals surface area contributed by atoms with E-state index < -0.39 is 64.6 Å². The molecule has 1 aliphatic heterocycles. The summed E-state index contributed by atoms with van der Waals surface area (Å²) < 4.78 is 73.0. The largest absolute Gasteiger partial charge is 0.467 e. The van der Waals surface area contributed by atoms with Crippen LogP contribution in [0.25, 0.3) is 0 Å². The molecule has 0 saturated carbocycles. The Hall–Kier alpha value is -5.01. The monoisotopic (exact) mass is 618 g/mol. The first-order valence-electron chi connectivity index (χ1n) is 13.1. The number of nitrogens with two attached hydrogens (primary N) is 1. The molecule has 1 heterocycles. The number of halogens is 5. The normalized spacial score (nSPS) is 15.4. The lowest BCUT2D eigenvalue weighted by molar-refractivity contribution is -0.143. The fraction of sp³-hybridized carbons (Fsp3) is 0.267. The fourth-order valence-corrected chi connectivity index (χ4v) is 4.87. The van der Waals surface area contributed by atoms with E-state index >= 15 is 0 Å². The zero-order valence-corrected chi connectivity index (χ0v) is 23.7. The van der Waals surface area contributed by atoms with Crippen molar-refractivity contribution in [1.29, 1.82) is 0 Å². The molecule has 1 unspecified atom stereocenters. The molecule has 5 amide bonds. The summed E-state index contributed by atoms with van der Waals surface area (Å²) in [4.78, 5) is 51.9. The van der Waals surface area contributed by atoms with Crippen LogP contribution in [0.3, 0.4) is 0 Å². The van der Waals surface area contributed by atoms with Crippen LogP contribution in [-0.2, 0) is 33.5 Å². The van der Waals surface area contributed by atoms with Gasteiger partial charge >= 0.3 is 24.2 Å². The van der Waals surface area contributed by atoms with Crippen LogP contribution >= 0.6 is 0 Å². The summed E-state index contributed by atoms with van der Waals surface area (Å²) in [5.41, 5.74) is 3.48. The second kappa shape index (κ2) is 11.9. The average Bonchev–Trinajstić information content (AvgIpc) is 3.11. The topological polar surface area (TPSA) is 122 Å². The minimum absolute atomic E-state index is 0.145. The quantitative estimate of drug-likeness (QED) is 0.204. The highest BCUT2D eigenvalue weighted by molar-refractivity contribution is 6.23. The zero-order chi connectivity index (χ0) is 32.6. The molecule has 232 valence electrons. The van der Waals surface area contributed by atoms with Crippen LogP contribution in [0.15, 0.2) is 60.7 Å². The summed E-state index contributed by atoms with van der Waals surface area (Å²) in [5, 5.41) is 2.29. The molecule has 0 spiro atoms. The van der Waals surface area contributed by atoms with Crippen molar-refractivity contribution in [3.63, 3.8) is 0 Å². The molecule has 4 rings (SSSR count). The van der Waals surface area contributed by atoms with E-state index in [-0.39, 0.29) is 13.0 Å². The van der Waals surface area contributed by atoms with Crippen molar-refractivity contribution >= 4 is 29.6 Å². The van der Waals surface area contributed by atoms with Crippen LogP contribution in [0.4, 0.5) is 37.2 Å². The molecular formula is C30H27F5N4O5. The van der Waals surface area contributed by atoms with Gasteiger partial charge in [0.15, 0.2) is 6.04 Å². The Morgan fingerprint density at radius 1 is 0.977 bits per heavy atom. The molecule has 1 saturated heterocycles. The van der Waals surface area contributed by atoms with Gasteiger partial charge in [0.1, 0.15) is 17.2 Å². The number of nitrogens with zero attached hydrogens (tertiary/aromatic N) is 2. The van der Waals surface area contributed by atoms with E-state index in [0.717, 1.165) is 18.1 Å². The van der Waals surface area contributed by atoms with Gasteiger partial charge in [-0.05, 0) is 72.9 Å². The van der Waals surface area contributed by atoms with Crippen LogP contribution in [0.2, 0.25) is 0 Å². The molecule has 0 bridgehead atoms. The number of hydrogen-bond acceptors (Lipinski definition) is 5. The van der Waals surface area contributed by atoms with E-state index in [1.807, 2.05) is 0 Å². The Kier molecular flexibility index (Phi) is 8.66. The van der Waals surface area contributed by atoms with Gasteiger partial charge in [-0.15, -0.1) is 0 Å². The number of ether oxygens (including phenoxy) is 1. The molecule has 1 atom stereocenters. The summed E-state index contributed by atoms with van der Waals surface area (Å²) in [6, 6.07) is 9.03. The highest BCUT2D eigenvalue weighted by atomic mass is 19.4. The Bertz CT molecular complexity index is 1620. The first-order valence-corrected chi connectivity index (χ1v) is 13.1. The molecular weight excluding hydrogens is 591 g/mol. The maximum absolute atomic E-state index is 14.4. The molecule has 3 aromatic carbocycles. The van der Waals surface area contributed by atoms with Crippen molar-refractivity contribution < 1.29 is 45.9 Å². The molecule has 0 aromatic heterocycles. The predicted molar refractivity (Wildman–Crippen MR) is 147 cm³/mol. The number of nitrogens with one attached hydrogen (secondary N) is 1. The van der Waals surface area contributed by atoms with Gasteiger partial charge in [0, 0.05) is 6.54 Å². The standard InChI is InChI=1S/C30H27F5N4O5/c1-29(2)26(41)39(21-10-11-23(32)22(14-21)30(33,34)35)28(43)38(29)15-18-8-9-20(31)13-19(18)12-16-4-6-17(7-5-16)24(25(40)44-3)37-27(36)42/h4-11,13-14,24H,12,15H2,1-3H3,(H3,36,37,42). The molecule has 3 aromatic rings. The molecule has 9 nitrogen and oxygen atoms in total. The molecule has 1 aliphatic rings. The maximum Gasteiger partial charge on any atom is 0.419 e. The van der Waals surface area contributed by atoms with E-state index in [9.17, 15) is 41.1 Å². The summed E-state index contributed by atoms with van der Waals surface area (Å²) in [5.74, 6) is -3.70. The number of rotatable bonds is 8. The number of imide groups is 1. The Balaban J connectivity index is 1.62. The number of urea groups is 2. The summed E-state index contributed by atoms with van der Waals surface area (Å²) in [7, 11) is 1.15. The van der Waals surface area contributed by atoms with Crippen molar-refractivity contribution in [3.8, 4) is 0 Å². The number of hydrogen-bond donors (Lipinski definition) is 2. The molecule has 14 heteroatoms. The SMILES string of the molecule is COC(=O)C(NC(N)=O)c1ccc(Cc2cc(F)ccc2CN2C(=O)N(c3ccc(F)c(C(F)(F)F)c3)C(=O)C2(C)C)cc1. The first kappa shape index (κ1) is 31.9. The van der Waals surface area contributed by atoms with E-state index in [2.05, 4.69) is 5.32 Å². The molecule has 0 radical (unpaired) electrons. The van der Waals surface area contributed by atoms with Crippen molar-refractivity contribution in [2.75, 3.05) is 12.0 Å². The number of carbonyl (C=O) groups is 4. The van der Waals surface area contributed by atoms with Crippen LogP contribution < -0.4 is 16.0 Å². The number of benzene rings is 3. The maximum atomic E-state index is 14.4. The molecule has 0 aliphatic carbocycles.